The molecule has 1 unspecified atom stereocenters. The maximum atomic E-state index is 13.8. The molecule has 0 radical (unpaired) electrons. The summed E-state index contributed by atoms with van der Waals surface area (Å²) in [7, 11) is -3.07. The molecule has 23 heavy (non-hydrogen) atoms. The van der Waals surface area contributed by atoms with Gasteiger partial charge in [0.25, 0.3) is 0 Å². The molecule has 0 spiro atoms. The summed E-state index contributed by atoms with van der Waals surface area (Å²) in [6.45, 7) is 5.35. The second kappa shape index (κ2) is 6.70. The largest absolute Gasteiger partial charge is 0.352 e. The standard InChI is InChI=1S/C15H23FN4O2S/c1-23(21,22)20-6-4-13(12-20)11-18-7-9-19(10-8-18)15-14(16)3-2-5-17-15/h2-3,5,13H,4,6-12H2,1H3. The van der Waals surface area contributed by atoms with Crippen molar-refractivity contribution >= 4 is 15.8 Å². The monoisotopic (exact) mass is 342 g/mol. The third kappa shape index (κ3) is 3.99. The quantitative estimate of drug-likeness (QED) is 0.803. The zero-order valence-corrected chi connectivity index (χ0v) is 14.2. The summed E-state index contributed by atoms with van der Waals surface area (Å²) in [5.74, 6) is 0.541. The van der Waals surface area contributed by atoms with Crippen LogP contribution in [0.4, 0.5) is 10.2 Å². The van der Waals surface area contributed by atoms with Crippen molar-refractivity contribution in [2.75, 3.05) is 57.0 Å². The lowest BCUT2D eigenvalue weighted by molar-refractivity contribution is 0.221. The number of aromatic nitrogens is 1. The molecule has 0 amide bonds. The van der Waals surface area contributed by atoms with Crippen LogP contribution in [0.15, 0.2) is 18.3 Å². The molecule has 2 saturated heterocycles. The predicted octanol–water partition coefficient (Wildman–Crippen LogP) is 0.624. The van der Waals surface area contributed by atoms with E-state index in [1.54, 1.807) is 16.6 Å². The van der Waals surface area contributed by atoms with Gasteiger partial charge in [-0.2, -0.15) is 0 Å². The SMILES string of the molecule is CS(=O)(=O)N1CCC(CN2CCN(c3ncccc3F)CC2)C1. The second-order valence-electron chi connectivity index (χ2n) is 6.37. The van der Waals surface area contributed by atoms with Gasteiger partial charge in [-0.15, -0.1) is 0 Å². The molecule has 0 N–H and O–H groups in total. The van der Waals surface area contributed by atoms with Crippen LogP contribution in [0.1, 0.15) is 6.42 Å². The summed E-state index contributed by atoms with van der Waals surface area (Å²) >= 11 is 0. The van der Waals surface area contributed by atoms with Gasteiger partial charge in [-0.05, 0) is 24.5 Å². The molecular weight excluding hydrogens is 319 g/mol. The van der Waals surface area contributed by atoms with Crippen molar-refractivity contribution in [3.8, 4) is 0 Å². The van der Waals surface area contributed by atoms with E-state index in [0.29, 0.717) is 24.8 Å². The molecule has 6 nitrogen and oxygen atoms in total. The fraction of sp³-hybridized carbons (Fsp3) is 0.667. The van der Waals surface area contributed by atoms with E-state index in [2.05, 4.69) is 9.88 Å². The number of halogens is 1. The number of nitrogens with zero attached hydrogens (tertiary/aromatic N) is 4. The van der Waals surface area contributed by atoms with Crippen LogP contribution in [0.2, 0.25) is 0 Å². The van der Waals surface area contributed by atoms with Gasteiger partial charge in [0.1, 0.15) is 0 Å². The van der Waals surface area contributed by atoms with Crippen LogP contribution in [-0.4, -0.2) is 74.7 Å². The minimum absolute atomic E-state index is 0.277. The Balaban J connectivity index is 1.50. The van der Waals surface area contributed by atoms with Crippen LogP contribution in [-0.2, 0) is 10.0 Å². The first-order valence-corrected chi connectivity index (χ1v) is 9.81. The van der Waals surface area contributed by atoms with E-state index in [1.807, 2.05) is 4.90 Å². The smallest absolute Gasteiger partial charge is 0.211 e. The average molecular weight is 342 g/mol. The highest BCUT2D eigenvalue weighted by atomic mass is 32.2. The summed E-state index contributed by atoms with van der Waals surface area (Å²) in [5.41, 5.74) is 0. The molecule has 1 atom stereocenters. The average Bonchev–Trinajstić information content (AvgIpc) is 2.97. The number of pyridine rings is 1. The van der Waals surface area contributed by atoms with Crippen LogP contribution in [0.5, 0.6) is 0 Å². The Hall–Kier alpha value is -1.25. The van der Waals surface area contributed by atoms with Gasteiger partial charge in [-0.3, -0.25) is 4.90 Å². The second-order valence-corrected chi connectivity index (χ2v) is 8.35. The van der Waals surface area contributed by atoms with Crippen molar-refractivity contribution in [2.45, 2.75) is 6.42 Å². The Morgan fingerprint density at radius 1 is 1.26 bits per heavy atom. The molecule has 128 valence electrons. The third-order valence-electron chi connectivity index (χ3n) is 4.64. The topological polar surface area (TPSA) is 56.8 Å². The van der Waals surface area contributed by atoms with Crippen molar-refractivity contribution in [2.24, 2.45) is 5.92 Å². The maximum Gasteiger partial charge on any atom is 0.211 e. The Morgan fingerprint density at radius 2 is 2.00 bits per heavy atom. The number of hydrogen-bond acceptors (Lipinski definition) is 5. The lowest BCUT2D eigenvalue weighted by atomic mass is 10.1. The fourth-order valence-electron chi connectivity index (χ4n) is 3.36. The number of anilines is 1. The van der Waals surface area contributed by atoms with Gasteiger partial charge in [-0.1, -0.05) is 0 Å². The zero-order chi connectivity index (χ0) is 16.4. The highest BCUT2D eigenvalue weighted by molar-refractivity contribution is 7.88. The first kappa shape index (κ1) is 16.6. The Labute approximate surface area is 136 Å². The van der Waals surface area contributed by atoms with E-state index in [0.717, 1.165) is 39.1 Å². The van der Waals surface area contributed by atoms with Crippen molar-refractivity contribution < 1.29 is 12.8 Å². The molecule has 3 heterocycles. The summed E-state index contributed by atoms with van der Waals surface area (Å²) in [4.78, 5) is 8.44. The fourth-order valence-corrected chi connectivity index (χ4v) is 4.28. The lowest BCUT2D eigenvalue weighted by Gasteiger charge is -2.36. The normalized spacial score (nSPS) is 24.3. The number of piperazine rings is 1. The van der Waals surface area contributed by atoms with Gasteiger partial charge in [-0.25, -0.2) is 22.1 Å². The van der Waals surface area contributed by atoms with Crippen molar-refractivity contribution in [1.82, 2.24) is 14.2 Å². The third-order valence-corrected chi connectivity index (χ3v) is 5.91. The van der Waals surface area contributed by atoms with Gasteiger partial charge >= 0.3 is 0 Å². The van der Waals surface area contributed by atoms with E-state index in [4.69, 9.17) is 0 Å². The first-order valence-electron chi connectivity index (χ1n) is 7.96. The van der Waals surface area contributed by atoms with E-state index in [1.165, 1.54) is 12.3 Å². The van der Waals surface area contributed by atoms with Crippen LogP contribution in [0.25, 0.3) is 0 Å². The molecule has 0 saturated carbocycles. The summed E-state index contributed by atoms with van der Waals surface area (Å²) in [6.07, 6.45) is 3.81. The molecule has 3 rings (SSSR count). The summed E-state index contributed by atoms with van der Waals surface area (Å²) in [6, 6.07) is 3.04. The van der Waals surface area contributed by atoms with Gasteiger partial charge < -0.3 is 4.90 Å². The molecule has 1 aromatic rings. The first-order chi connectivity index (χ1) is 10.9. The maximum absolute atomic E-state index is 13.8. The van der Waals surface area contributed by atoms with Gasteiger partial charge in [0.05, 0.1) is 6.26 Å². The molecule has 0 bridgehead atoms. The van der Waals surface area contributed by atoms with Crippen LogP contribution < -0.4 is 4.90 Å². The van der Waals surface area contributed by atoms with Crippen LogP contribution >= 0.6 is 0 Å². The van der Waals surface area contributed by atoms with Crippen molar-refractivity contribution in [1.29, 1.82) is 0 Å². The summed E-state index contributed by atoms with van der Waals surface area (Å²) in [5, 5.41) is 0. The van der Waals surface area contributed by atoms with Crippen LogP contribution in [0, 0.1) is 11.7 Å². The molecular formula is C15H23FN4O2S. The molecule has 2 aliphatic heterocycles. The van der Waals surface area contributed by atoms with Gasteiger partial charge in [0, 0.05) is 52.0 Å². The molecule has 0 aliphatic carbocycles. The number of sulfonamides is 1. The van der Waals surface area contributed by atoms with Crippen LogP contribution in [0.3, 0.4) is 0 Å². The lowest BCUT2D eigenvalue weighted by Crippen LogP contribution is -2.48. The van der Waals surface area contributed by atoms with Crippen molar-refractivity contribution in [3.63, 3.8) is 0 Å². The predicted molar refractivity (Wildman–Crippen MR) is 87.4 cm³/mol. The minimum Gasteiger partial charge on any atom is -0.352 e. The number of rotatable bonds is 4. The minimum atomic E-state index is -3.07. The highest BCUT2D eigenvalue weighted by Gasteiger charge is 2.30. The molecule has 8 heteroatoms. The van der Waals surface area contributed by atoms with Gasteiger partial charge in [0.2, 0.25) is 10.0 Å². The molecule has 2 aliphatic rings. The van der Waals surface area contributed by atoms with Gasteiger partial charge in [0.15, 0.2) is 11.6 Å². The van der Waals surface area contributed by atoms with E-state index in [9.17, 15) is 12.8 Å². The molecule has 2 fully saturated rings. The summed E-state index contributed by atoms with van der Waals surface area (Å²) < 4.78 is 38.5. The van der Waals surface area contributed by atoms with E-state index in [-0.39, 0.29) is 5.82 Å². The molecule has 1 aromatic heterocycles. The van der Waals surface area contributed by atoms with E-state index >= 15 is 0 Å². The highest BCUT2D eigenvalue weighted by Crippen LogP contribution is 2.22. The molecule has 0 aromatic carbocycles. The zero-order valence-electron chi connectivity index (χ0n) is 13.4. The Morgan fingerprint density at radius 3 is 2.61 bits per heavy atom. The number of hydrogen-bond donors (Lipinski definition) is 0. The Kier molecular flexibility index (Phi) is 4.84. The van der Waals surface area contributed by atoms with E-state index < -0.39 is 10.0 Å². The van der Waals surface area contributed by atoms with Crippen molar-refractivity contribution in [3.05, 3.63) is 24.1 Å². The Bertz CT molecular complexity index is 647.